The fourth-order valence-corrected chi connectivity index (χ4v) is 4.77. The zero-order valence-electron chi connectivity index (χ0n) is 14.5. The van der Waals surface area contributed by atoms with Gasteiger partial charge in [0.1, 0.15) is 0 Å². The van der Waals surface area contributed by atoms with E-state index in [-0.39, 0.29) is 17.9 Å². The number of rotatable bonds is 2. The van der Waals surface area contributed by atoms with Crippen LogP contribution in [0.3, 0.4) is 0 Å². The second kappa shape index (κ2) is 6.92. The molecule has 1 fully saturated rings. The molecular weight excluding hydrogens is 353 g/mol. The van der Waals surface area contributed by atoms with Crippen LogP contribution in [0.4, 0.5) is 0 Å². The molecule has 2 nitrogen and oxygen atoms in total. The summed E-state index contributed by atoms with van der Waals surface area (Å²) in [6.07, 6.45) is 3.46. The first-order valence-electron chi connectivity index (χ1n) is 8.89. The first-order chi connectivity index (χ1) is 11.6. The number of halogens is 2. The number of fused-ring (bicyclic) bond motifs is 3. The topological polar surface area (TPSA) is 23.5 Å². The highest BCUT2D eigenvalue weighted by molar-refractivity contribution is 6.30. The van der Waals surface area contributed by atoms with Crippen LogP contribution in [-0.4, -0.2) is 28.7 Å². The van der Waals surface area contributed by atoms with Crippen LogP contribution in [0.5, 0.6) is 0 Å². The first-order valence-corrected chi connectivity index (χ1v) is 9.27. The molecule has 0 aliphatic carbocycles. The van der Waals surface area contributed by atoms with Gasteiger partial charge < -0.3 is 5.11 Å². The van der Waals surface area contributed by atoms with Crippen LogP contribution in [0.2, 0.25) is 5.02 Å². The van der Waals surface area contributed by atoms with Gasteiger partial charge in [-0.15, -0.1) is 12.4 Å². The third-order valence-electron chi connectivity index (χ3n) is 6.07. The summed E-state index contributed by atoms with van der Waals surface area (Å²) in [4.78, 5) is 2.57. The number of aliphatic hydroxyl groups is 1. The van der Waals surface area contributed by atoms with Crippen LogP contribution in [0.1, 0.15) is 42.9 Å². The molecule has 2 aromatic rings. The summed E-state index contributed by atoms with van der Waals surface area (Å²) in [6.45, 7) is 4.07. The van der Waals surface area contributed by atoms with Crippen molar-refractivity contribution >= 4 is 24.0 Å². The lowest BCUT2D eigenvalue weighted by Gasteiger charge is -2.56. The third kappa shape index (κ3) is 3.00. The largest absolute Gasteiger partial charge is 0.390 e. The summed E-state index contributed by atoms with van der Waals surface area (Å²) in [5.41, 5.74) is 3.14. The zero-order chi connectivity index (χ0) is 16.8. The van der Waals surface area contributed by atoms with Gasteiger partial charge in [-0.2, -0.15) is 0 Å². The average molecular weight is 378 g/mol. The van der Waals surface area contributed by atoms with Crippen molar-refractivity contribution in [3.8, 4) is 0 Å². The van der Waals surface area contributed by atoms with Crippen LogP contribution < -0.4 is 0 Å². The van der Waals surface area contributed by atoms with Crippen LogP contribution >= 0.6 is 24.0 Å². The molecule has 2 heterocycles. The number of hydrogen-bond donors (Lipinski definition) is 1. The molecule has 0 amide bonds. The summed E-state index contributed by atoms with van der Waals surface area (Å²) >= 11 is 6.14. The highest BCUT2D eigenvalue weighted by atomic mass is 35.5. The Morgan fingerprint density at radius 1 is 1.08 bits per heavy atom. The number of benzene rings is 2. The van der Waals surface area contributed by atoms with Crippen molar-refractivity contribution in [3.05, 3.63) is 70.2 Å². The maximum absolute atomic E-state index is 11.2. The smallest absolute Gasteiger partial charge is 0.0745 e. The van der Waals surface area contributed by atoms with Gasteiger partial charge in [-0.05, 0) is 48.1 Å². The molecule has 2 aromatic carbocycles. The van der Waals surface area contributed by atoms with E-state index in [9.17, 15) is 5.11 Å². The molecule has 2 aliphatic heterocycles. The summed E-state index contributed by atoms with van der Waals surface area (Å²) < 4.78 is 0. The van der Waals surface area contributed by atoms with E-state index < -0.39 is 5.60 Å². The Labute approximate surface area is 161 Å². The molecule has 25 heavy (non-hydrogen) atoms. The van der Waals surface area contributed by atoms with E-state index in [1.807, 2.05) is 12.1 Å². The third-order valence-corrected chi connectivity index (χ3v) is 6.32. The molecule has 4 rings (SSSR count). The number of piperidine rings is 1. The lowest BCUT2D eigenvalue weighted by atomic mass is 9.66. The van der Waals surface area contributed by atoms with Crippen molar-refractivity contribution in [3.63, 3.8) is 0 Å². The van der Waals surface area contributed by atoms with E-state index in [2.05, 4.69) is 48.2 Å². The molecule has 134 valence electrons. The average Bonchev–Trinajstić information content (AvgIpc) is 2.62. The van der Waals surface area contributed by atoms with Gasteiger partial charge >= 0.3 is 0 Å². The summed E-state index contributed by atoms with van der Waals surface area (Å²) in [6, 6.07) is 17.0. The Bertz CT molecular complexity index is 748. The van der Waals surface area contributed by atoms with Crippen LogP contribution in [0, 0.1) is 0 Å². The van der Waals surface area contributed by atoms with Crippen LogP contribution in [-0.2, 0) is 12.0 Å². The first kappa shape index (κ1) is 18.7. The van der Waals surface area contributed by atoms with Gasteiger partial charge in [-0.1, -0.05) is 54.9 Å². The molecule has 0 aromatic heterocycles. The van der Waals surface area contributed by atoms with Gasteiger partial charge in [0.25, 0.3) is 0 Å². The molecular formula is C21H25Cl2NO. The molecule has 2 atom stereocenters. The molecule has 0 radical (unpaired) electrons. The molecule has 0 spiro atoms. The van der Waals surface area contributed by atoms with E-state index in [1.165, 1.54) is 16.7 Å². The van der Waals surface area contributed by atoms with E-state index in [4.69, 9.17) is 11.6 Å². The van der Waals surface area contributed by atoms with Crippen molar-refractivity contribution in [2.45, 2.75) is 43.7 Å². The normalized spacial score (nSPS) is 28.6. The van der Waals surface area contributed by atoms with Crippen molar-refractivity contribution < 1.29 is 5.11 Å². The second-order valence-corrected chi connectivity index (χ2v) is 7.70. The van der Waals surface area contributed by atoms with Gasteiger partial charge in [-0.3, -0.25) is 4.90 Å². The minimum atomic E-state index is -0.611. The van der Waals surface area contributed by atoms with E-state index in [1.54, 1.807) is 0 Å². The maximum atomic E-state index is 11.2. The highest BCUT2D eigenvalue weighted by Crippen LogP contribution is 2.50. The van der Waals surface area contributed by atoms with Gasteiger partial charge in [0, 0.05) is 24.5 Å². The minimum absolute atomic E-state index is 0. The minimum Gasteiger partial charge on any atom is -0.390 e. The Balaban J connectivity index is 0.00000182. The van der Waals surface area contributed by atoms with Crippen LogP contribution in [0.15, 0.2) is 48.5 Å². The molecule has 1 N–H and O–H groups in total. The van der Waals surface area contributed by atoms with Crippen molar-refractivity contribution in [1.82, 2.24) is 4.90 Å². The molecule has 0 bridgehead atoms. The van der Waals surface area contributed by atoms with Gasteiger partial charge in [-0.25, -0.2) is 0 Å². The van der Waals surface area contributed by atoms with Gasteiger partial charge in [0.15, 0.2) is 0 Å². The molecule has 0 saturated carbocycles. The molecule has 1 saturated heterocycles. The fraction of sp³-hybridized carbons (Fsp3) is 0.429. The van der Waals surface area contributed by atoms with Gasteiger partial charge in [0.05, 0.1) is 11.1 Å². The highest BCUT2D eigenvalue weighted by Gasteiger charge is 2.51. The Hall–Kier alpha value is -1.06. The molecule has 4 heteroatoms. The Morgan fingerprint density at radius 2 is 1.80 bits per heavy atom. The monoisotopic (exact) mass is 377 g/mol. The summed E-state index contributed by atoms with van der Waals surface area (Å²) in [7, 11) is 0. The molecule has 2 unspecified atom stereocenters. The second-order valence-electron chi connectivity index (χ2n) is 7.27. The summed E-state index contributed by atoms with van der Waals surface area (Å²) in [5.74, 6) is 0. The van der Waals surface area contributed by atoms with Crippen LogP contribution in [0.25, 0.3) is 0 Å². The van der Waals surface area contributed by atoms with E-state index >= 15 is 0 Å². The SMILES string of the molecule is CCC1(O)CCN2CCc3ccccc3C2(c2ccc(Cl)cc2)C1.Cl. The van der Waals surface area contributed by atoms with E-state index in [0.717, 1.165) is 43.8 Å². The number of hydrogen-bond acceptors (Lipinski definition) is 2. The van der Waals surface area contributed by atoms with Crippen molar-refractivity contribution in [2.24, 2.45) is 0 Å². The van der Waals surface area contributed by atoms with Crippen molar-refractivity contribution in [1.29, 1.82) is 0 Å². The fourth-order valence-electron chi connectivity index (χ4n) is 4.64. The summed E-state index contributed by atoms with van der Waals surface area (Å²) in [5, 5.41) is 11.9. The Morgan fingerprint density at radius 3 is 2.52 bits per heavy atom. The maximum Gasteiger partial charge on any atom is 0.0745 e. The Kier molecular flexibility index (Phi) is 5.18. The number of nitrogens with zero attached hydrogens (tertiary/aromatic N) is 1. The zero-order valence-corrected chi connectivity index (χ0v) is 16.1. The van der Waals surface area contributed by atoms with Crippen molar-refractivity contribution in [2.75, 3.05) is 13.1 Å². The quantitative estimate of drug-likeness (QED) is 0.812. The predicted octanol–water partition coefficient (Wildman–Crippen LogP) is 4.80. The lowest BCUT2D eigenvalue weighted by molar-refractivity contribution is -0.0824. The van der Waals surface area contributed by atoms with Gasteiger partial charge in [0.2, 0.25) is 0 Å². The lowest BCUT2D eigenvalue weighted by Crippen LogP contribution is -2.60. The standard InChI is InChI=1S/C21H24ClNO.ClH/c1-2-20(24)12-14-23-13-11-16-5-3-4-6-19(16)21(23,15-20)17-7-9-18(22)10-8-17;/h3-10,24H,2,11-15H2,1H3;1H. The molecule has 2 aliphatic rings. The predicted molar refractivity (Wildman–Crippen MR) is 106 cm³/mol. The van der Waals surface area contributed by atoms with E-state index in [0.29, 0.717) is 0 Å².